The van der Waals surface area contributed by atoms with E-state index in [1.165, 1.54) is 0 Å². The minimum Gasteiger partial charge on any atom is -0.451 e. The first-order chi connectivity index (χ1) is 17.8. The van der Waals surface area contributed by atoms with Crippen molar-refractivity contribution in [1.29, 1.82) is 0 Å². The van der Waals surface area contributed by atoms with Crippen LogP contribution in [-0.2, 0) is 16.6 Å². The van der Waals surface area contributed by atoms with Crippen molar-refractivity contribution in [2.24, 2.45) is 41.5 Å². The molecule has 2 fully saturated rings. The molecule has 8 atom stereocenters. The van der Waals surface area contributed by atoms with Gasteiger partial charge in [0.2, 0.25) is 0 Å². The quantitative estimate of drug-likeness (QED) is 0.423. The van der Waals surface area contributed by atoms with Crippen LogP contribution in [0.3, 0.4) is 0 Å². The Bertz CT molecular complexity index is 1450. The molecule has 3 N–H and O–H groups in total. The van der Waals surface area contributed by atoms with E-state index in [0.717, 1.165) is 16.6 Å². The lowest BCUT2D eigenvalue weighted by Gasteiger charge is -2.48. The molecule has 7 nitrogen and oxygen atoms in total. The number of aromatic nitrogens is 1. The third kappa shape index (κ3) is 2.85. The minimum absolute atomic E-state index is 0.0458. The number of ether oxygens (including phenoxy) is 1. The molecule has 4 aliphatic rings. The first kappa shape index (κ1) is 25.5. The van der Waals surface area contributed by atoms with E-state index in [9.17, 15) is 24.9 Å². The molecule has 38 heavy (non-hydrogen) atoms. The molecular formula is C31H37NO6. The Balaban J connectivity index is 1.48. The van der Waals surface area contributed by atoms with E-state index in [1.807, 2.05) is 49.7 Å². The van der Waals surface area contributed by atoms with E-state index in [2.05, 4.69) is 13.8 Å². The van der Waals surface area contributed by atoms with Crippen molar-refractivity contribution in [3.8, 4) is 0 Å². The second kappa shape index (κ2) is 7.90. The van der Waals surface area contributed by atoms with Gasteiger partial charge in [0, 0.05) is 29.6 Å². The molecule has 1 heterocycles. The molecule has 2 aromatic rings. The number of aliphatic hydroxyl groups is 3. The van der Waals surface area contributed by atoms with E-state index in [0.29, 0.717) is 17.6 Å². The molecule has 6 rings (SSSR count). The Hall–Kier alpha value is -2.74. The number of hydrogen-bond acceptors (Lipinski definition) is 6. The van der Waals surface area contributed by atoms with Crippen LogP contribution in [0.5, 0.6) is 0 Å². The van der Waals surface area contributed by atoms with Gasteiger partial charge in [-0.1, -0.05) is 51.1 Å². The SMILES string of the molecule is CC1=C[C@]23C(=O)[C@@H](C=C(CO)[C@@H](O)[C@]2(O)[C@H]1OC(=O)c1c(C)n(C)c2ccccc12)[C@H]1[C@@H](C[C@H]3C)C1(C)C. The molecule has 202 valence electrons. The largest absolute Gasteiger partial charge is 0.451 e. The van der Waals surface area contributed by atoms with Crippen LogP contribution in [0, 0.1) is 41.4 Å². The second-order valence-corrected chi connectivity index (χ2v) is 12.7. The van der Waals surface area contributed by atoms with Crippen molar-refractivity contribution >= 4 is 22.7 Å². The summed E-state index contributed by atoms with van der Waals surface area (Å²) >= 11 is 0. The predicted molar refractivity (Wildman–Crippen MR) is 142 cm³/mol. The summed E-state index contributed by atoms with van der Waals surface area (Å²) < 4.78 is 8.03. The van der Waals surface area contributed by atoms with Gasteiger partial charge in [-0.15, -0.1) is 0 Å². The van der Waals surface area contributed by atoms with Crippen LogP contribution in [0.1, 0.15) is 50.2 Å². The van der Waals surface area contributed by atoms with Crippen molar-refractivity contribution in [3.05, 3.63) is 58.8 Å². The lowest BCUT2D eigenvalue weighted by atomic mass is 9.59. The van der Waals surface area contributed by atoms with Crippen LogP contribution in [0.15, 0.2) is 47.6 Å². The zero-order valence-electron chi connectivity index (χ0n) is 22.9. The molecule has 2 bridgehead atoms. The standard InChI is InChI=1S/C31H37NO6/c1-15-13-30-16(2)11-21-24(29(21,4)5)20(26(30)35)12-18(14-33)25(34)31(30,37)27(15)38-28(36)23-17(3)32(6)22-10-8-7-9-19(22)23/h7-10,12-13,16,20-21,24-25,27,33-34,37H,11,14H2,1-6H3/t16-,20+,21-,24+,25-,27+,30+,31+/m1/s1. The van der Waals surface area contributed by atoms with Crippen LogP contribution in [-0.4, -0.2) is 56.1 Å². The Morgan fingerprint density at radius 1 is 1.21 bits per heavy atom. The normalized spacial score (nSPS) is 39.0. The van der Waals surface area contributed by atoms with E-state index in [-0.39, 0.29) is 34.5 Å². The van der Waals surface area contributed by atoms with E-state index in [4.69, 9.17) is 4.74 Å². The second-order valence-electron chi connectivity index (χ2n) is 12.7. The van der Waals surface area contributed by atoms with Gasteiger partial charge < -0.3 is 24.6 Å². The van der Waals surface area contributed by atoms with Gasteiger partial charge in [-0.3, -0.25) is 4.79 Å². The number of esters is 1. The number of carbonyl (C=O) groups excluding carboxylic acids is 2. The summed E-state index contributed by atoms with van der Waals surface area (Å²) in [6.07, 6.45) is 1.32. The number of nitrogens with zero attached hydrogens (tertiary/aromatic N) is 1. The number of para-hydroxylation sites is 1. The Morgan fingerprint density at radius 3 is 2.58 bits per heavy atom. The topological polar surface area (TPSA) is 109 Å². The fourth-order valence-electron chi connectivity index (χ4n) is 8.54. The maximum atomic E-state index is 14.5. The molecule has 0 unspecified atom stereocenters. The minimum atomic E-state index is -2.15. The summed E-state index contributed by atoms with van der Waals surface area (Å²) in [5.74, 6) is -1.27. The smallest absolute Gasteiger partial charge is 0.341 e. The third-order valence-electron chi connectivity index (χ3n) is 10.7. The lowest BCUT2D eigenvalue weighted by Crippen LogP contribution is -2.65. The zero-order chi connectivity index (χ0) is 27.5. The van der Waals surface area contributed by atoms with Crippen LogP contribution < -0.4 is 0 Å². The van der Waals surface area contributed by atoms with Gasteiger partial charge in [0.1, 0.15) is 6.10 Å². The van der Waals surface area contributed by atoms with Crippen molar-refractivity contribution in [3.63, 3.8) is 0 Å². The zero-order valence-corrected chi connectivity index (χ0v) is 22.9. The average Bonchev–Trinajstić information content (AvgIpc) is 3.24. The summed E-state index contributed by atoms with van der Waals surface area (Å²) in [5, 5.41) is 35.4. The van der Waals surface area contributed by atoms with E-state index < -0.39 is 41.7 Å². The molecule has 0 amide bonds. The number of aryl methyl sites for hydroxylation is 1. The highest BCUT2D eigenvalue weighted by Crippen LogP contribution is 2.71. The molecule has 4 aliphatic carbocycles. The highest BCUT2D eigenvalue weighted by atomic mass is 16.6. The van der Waals surface area contributed by atoms with Crippen molar-refractivity contribution in [2.75, 3.05) is 6.61 Å². The first-order valence-electron chi connectivity index (χ1n) is 13.5. The van der Waals surface area contributed by atoms with Gasteiger partial charge in [-0.05, 0) is 60.6 Å². The highest BCUT2D eigenvalue weighted by Gasteiger charge is 2.76. The molecule has 7 heteroatoms. The Labute approximate surface area is 222 Å². The number of aliphatic hydroxyl groups excluding tert-OH is 2. The van der Waals surface area contributed by atoms with E-state index >= 15 is 0 Å². The Kier molecular flexibility index (Phi) is 5.31. The number of rotatable bonds is 3. The summed E-state index contributed by atoms with van der Waals surface area (Å²) in [6, 6.07) is 7.54. The third-order valence-corrected chi connectivity index (χ3v) is 10.7. The summed E-state index contributed by atoms with van der Waals surface area (Å²) in [5.41, 5.74) is -0.917. The van der Waals surface area contributed by atoms with Crippen LogP contribution in [0.4, 0.5) is 0 Å². The van der Waals surface area contributed by atoms with Crippen molar-refractivity contribution < 1.29 is 29.6 Å². The molecule has 1 aromatic carbocycles. The number of carbonyl (C=O) groups is 2. The Morgan fingerprint density at radius 2 is 1.89 bits per heavy atom. The molecular weight excluding hydrogens is 482 g/mol. The van der Waals surface area contributed by atoms with Gasteiger partial charge in [0.15, 0.2) is 17.5 Å². The predicted octanol–water partition coefficient (Wildman–Crippen LogP) is 3.48. The summed E-state index contributed by atoms with van der Waals surface area (Å²) in [6.45, 7) is 9.36. The number of hydrogen-bond donors (Lipinski definition) is 3. The van der Waals surface area contributed by atoms with Gasteiger partial charge in [0.25, 0.3) is 0 Å². The fourth-order valence-corrected chi connectivity index (χ4v) is 8.54. The molecule has 0 radical (unpaired) electrons. The molecule has 0 aliphatic heterocycles. The van der Waals surface area contributed by atoms with Crippen molar-refractivity contribution in [2.45, 2.75) is 58.8 Å². The first-order valence-corrected chi connectivity index (χ1v) is 13.5. The summed E-state index contributed by atoms with van der Waals surface area (Å²) in [7, 11) is 1.88. The number of ketones is 1. The van der Waals surface area contributed by atoms with Gasteiger partial charge >= 0.3 is 5.97 Å². The fraction of sp³-hybridized carbons (Fsp3) is 0.548. The van der Waals surface area contributed by atoms with Crippen molar-refractivity contribution in [1.82, 2.24) is 4.57 Å². The van der Waals surface area contributed by atoms with Gasteiger partial charge in [-0.2, -0.15) is 0 Å². The number of benzene rings is 1. The maximum Gasteiger partial charge on any atom is 0.341 e. The summed E-state index contributed by atoms with van der Waals surface area (Å²) in [4.78, 5) is 28.3. The molecule has 2 saturated carbocycles. The van der Waals surface area contributed by atoms with E-state index in [1.54, 1.807) is 19.1 Å². The lowest BCUT2D eigenvalue weighted by molar-refractivity contribution is -0.190. The van der Waals surface area contributed by atoms with Gasteiger partial charge in [0.05, 0.1) is 17.6 Å². The van der Waals surface area contributed by atoms with Gasteiger partial charge in [-0.25, -0.2) is 4.79 Å². The number of allylic oxidation sites excluding steroid dienone is 1. The van der Waals surface area contributed by atoms with Crippen LogP contribution in [0.25, 0.3) is 10.9 Å². The van der Waals surface area contributed by atoms with Crippen LogP contribution in [0.2, 0.25) is 0 Å². The monoisotopic (exact) mass is 519 g/mol. The number of Topliss-reactive ketones (excluding diaryl/α,β-unsaturated/α-hetero) is 1. The number of fused-ring (bicyclic) bond motifs is 4. The average molecular weight is 520 g/mol. The highest BCUT2D eigenvalue weighted by molar-refractivity contribution is 6.06. The molecule has 1 aromatic heterocycles. The molecule has 0 saturated heterocycles. The molecule has 1 spiro atoms. The van der Waals surface area contributed by atoms with Crippen LogP contribution >= 0.6 is 0 Å². The maximum absolute atomic E-state index is 14.5.